The zero-order valence-corrected chi connectivity index (χ0v) is 19.4. The van der Waals surface area contributed by atoms with Gasteiger partial charge in [0.05, 0.1) is 11.3 Å². The van der Waals surface area contributed by atoms with Gasteiger partial charge in [-0.3, -0.25) is 14.6 Å². The third kappa shape index (κ3) is 5.04. The molecule has 1 N–H and O–H groups in total. The van der Waals surface area contributed by atoms with E-state index in [1.54, 1.807) is 18.3 Å². The van der Waals surface area contributed by atoms with Crippen LogP contribution in [0.15, 0.2) is 91.3 Å². The Balaban J connectivity index is 1.63. The average molecular weight is 450 g/mol. The van der Waals surface area contributed by atoms with Crippen molar-refractivity contribution in [2.45, 2.75) is 13.8 Å². The summed E-state index contributed by atoms with van der Waals surface area (Å²) in [7, 11) is 0. The summed E-state index contributed by atoms with van der Waals surface area (Å²) in [5.41, 5.74) is 6.22. The molecule has 4 rings (SSSR count). The third-order valence-corrected chi connectivity index (χ3v) is 5.84. The fourth-order valence-corrected chi connectivity index (χ4v) is 3.96. The molecule has 0 saturated heterocycles. The summed E-state index contributed by atoms with van der Waals surface area (Å²) in [4.78, 5) is 31.3. The standard InChI is InChI=1S/C29H27N3O2/c1-3-32(4-2)27-12-8-11-22(16-27)23-13-14-24(20-33)28(17-23)31-29(34)26-15-25(18-30-19-26)21-9-6-5-7-10-21/h5-20H,3-4H2,1-2H3,(H,31,34). The summed E-state index contributed by atoms with van der Waals surface area (Å²) in [5.74, 6) is -0.317. The first-order valence-corrected chi connectivity index (χ1v) is 11.4. The van der Waals surface area contributed by atoms with Gasteiger partial charge in [0.15, 0.2) is 6.29 Å². The highest BCUT2D eigenvalue weighted by Gasteiger charge is 2.13. The van der Waals surface area contributed by atoms with Gasteiger partial charge in [0, 0.05) is 42.3 Å². The van der Waals surface area contributed by atoms with Crippen molar-refractivity contribution in [3.8, 4) is 22.3 Å². The zero-order chi connectivity index (χ0) is 23.9. The molecular formula is C29H27N3O2. The highest BCUT2D eigenvalue weighted by Crippen LogP contribution is 2.29. The molecule has 4 aromatic rings. The van der Waals surface area contributed by atoms with Crippen molar-refractivity contribution in [2.75, 3.05) is 23.3 Å². The van der Waals surface area contributed by atoms with Crippen LogP contribution in [-0.4, -0.2) is 30.3 Å². The molecule has 1 aromatic heterocycles. The van der Waals surface area contributed by atoms with E-state index in [9.17, 15) is 9.59 Å². The number of aldehydes is 1. The van der Waals surface area contributed by atoms with Crippen LogP contribution in [0.2, 0.25) is 0 Å². The molecule has 0 aliphatic carbocycles. The van der Waals surface area contributed by atoms with Crippen molar-refractivity contribution in [3.63, 3.8) is 0 Å². The third-order valence-electron chi connectivity index (χ3n) is 5.84. The molecule has 0 bridgehead atoms. The van der Waals surface area contributed by atoms with E-state index in [0.717, 1.165) is 47.3 Å². The van der Waals surface area contributed by atoms with Crippen LogP contribution < -0.4 is 10.2 Å². The van der Waals surface area contributed by atoms with Crippen LogP contribution in [0.25, 0.3) is 22.3 Å². The molecule has 5 nitrogen and oxygen atoms in total. The van der Waals surface area contributed by atoms with Crippen LogP contribution in [0.1, 0.15) is 34.6 Å². The van der Waals surface area contributed by atoms with Crippen molar-refractivity contribution in [3.05, 3.63) is 102 Å². The number of hydrogen-bond donors (Lipinski definition) is 1. The number of carbonyl (C=O) groups excluding carboxylic acids is 2. The Morgan fingerprint density at radius 3 is 2.29 bits per heavy atom. The zero-order valence-electron chi connectivity index (χ0n) is 19.4. The maximum Gasteiger partial charge on any atom is 0.257 e. The van der Waals surface area contributed by atoms with Crippen molar-refractivity contribution in [1.82, 2.24) is 4.98 Å². The van der Waals surface area contributed by atoms with Crippen LogP contribution in [0.4, 0.5) is 11.4 Å². The highest BCUT2D eigenvalue weighted by molar-refractivity contribution is 6.07. The lowest BCUT2D eigenvalue weighted by atomic mass is 10.0. The second-order valence-electron chi connectivity index (χ2n) is 7.92. The molecule has 1 amide bonds. The van der Waals surface area contributed by atoms with Crippen molar-refractivity contribution < 1.29 is 9.59 Å². The number of amides is 1. The smallest absolute Gasteiger partial charge is 0.257 e. The Bertz CT molecular complexity index is 1300. The van der Waals surface area contributed by atoms with Gasteiger partial charge >= 0.3 is 0 Å². The fourth-order valence-electron chi connectivity index (χ4n) is 3.96. The van der Waals surface area contributed by atoms with Crippen LogP contribution in [0, 0.1) is 0 Å². The first-order valence-electron chi connectivity index (χ1n) is 11.4. The summed E-state index contributed by atoms with van der Waals surface area (Å²) >= 11 is 0. The van der Waals surface area contributed by atoms with E-state index in [-0.39, 0.29) is 5.91 Å². The second kappa shape index (κ2) is 10.6. The van der Waals surface area contributed by atoms with E-state index in [1.165, 1.54) is 6.20 Å². The van der Waals surface area contributed by atoms with E-state index >= 15 is 0 Å². The minimum absolute atomic E-state index is 0.317. The first-order chi connectivity index (χ1) is 16.6. The molecule has 0 unspecified atom stereocenters. The Morgan fingerprint density at radius 1 is 0.824 bits per heavy atom. The Kier molecular flexibility index (Phi) is 7.13. The summed E-state index contributed by atoms with van der Waals surface area (Å²) < 4.78 is 0. The number of pyridine rings is 1. The Morgan fingerprint density at radius 2 is 1.56 bits per heavy atom. The maximum atomic E-state index is 13.1. The largest absolute Gasteiger partial charge is 0.372 e. The first kappa shape index (κ1) is 22.9. The van der Waals surface area contributed by atoms with E-state index < -0.39 is 0 Å². The summed E-state index contributed by atoms with van der Waals surface area (Å²) in [6.45, 7) is 6.09. The quantitative estimate of drug-likeness (QED) is 0.320. The lowest BCUT2D eigenvalue weighted by molar-refractivity contribution is 0.102. The average Bonchev–Trinajstić information content (AvgIpc) is 2.90. The lowest BCUT2D eigenvalue weighted by Gasteiger charge is -2.21. The molecule has 170 valence electrons. The topological polar surface area (TPSA) is 62.3 Å². The molecule has 0 atom stereocenters. The number of carbonyl (C=O) groups is 2. The molecule has 3 aromatic carbocycles. The normalized spacial score (nSPS) is 10.5. The van der Waals surface area contributed by atoms with E-state index in [1.807, 2.05) is 54.6 Å². The van der Waals surface area contributed by atoms with Gasteiger partial charge in [-0.05, 0) is 60.9 Å². The molecule has 0 aliphatic rings. The van der Waals surface area contributed by atoms with Crippen molar-refractivity contribution in [1.29, 1.82) is 0 Å². The highest BCUT2D eigenvalue weighted by atomic mass is 16.1. The van der Waals surface area contributed by atoms with Gasteiger partial charge in [-0.1, -0.05) is 48.5 Å². The SMILES string of the molecule is CCN(CC)c1cccc(-c2ccc(C=O)c(NC(=O)c3cncc(-c4ccccc4)c3)c2)c1. The van der Waals surface area contributed by atoms with Gasteiger partial charge < -0.3 is 10.2 Å². The van der Waals surface area contributed by atoms with E-state index in [4.69, 9.17) is 0 Å². The molecule has 0 saturated carbocycles. The van der Waals surface area contributed by atoms with Crippen LogP contribution in [0.3, 0.4) is 0 Å². The number of nitrogens with zero attached hydrogens (tertiary/aromatic N) is 2. The minimum atomic E-state index is -0.317. The van der Waals surface area contributed by atoms with Gasteiger partial charge in [-0.15, -0.1) is 0 Å². The fraction of sp³-hybridized carbons (Fsp3) is 0.138. The summed E-state index contributed by atoms with van der Waals surface area (Å²) in [5, 5.41) is 2.91. The van der Waals surface area contributed by atoms with Gasteiger partial charge in [0.1, 0.15) is 0 Å². The van der Waals surface area contributed by atoms with Gasteiger partial charge in [-0.2, -0.15) is 0 Å². The minimum Gasteiger partial charge on any atom is -0.372 e. The van der Waals surface area contributed by atoms with Crippen LogP contribution in [-0.2, 0) is 0 Å². The summed E-state index contributed by atoms with van der Waals surface area (Å²) in [6, 6.07) is 25.3. The van der Waals surface area contributed by atoms with Gasteiger partial charge in [0.25, 0.3) is 5.91 Å². The summed E-state index contributed by atoms with van der Waals surface area (Å²) in [6.07, 6.45) is 4.01. The molecular weight excluding hydrogens is 422 g/mol. The van der Waals surface area contributed by atoms with Gasteiger partial charge in [-0.25, -0.2) is 0 Å². The molecule has 0 fully saturated rings. The Hall–Kier alpha value is -4.25. The number of anilines is 2. The Labute approximate surface area is 200 Å². The number of hydrogen-bond acceptors (Lipinski definition) is 4. The van der Waals surface area contributed by atoms with Gasteiger partial charge in [0.2, 0.25) is 0 Å². The van der Waals surface area contributed by atoms with E-state index in [0.29, 0.717) is 16.8 Å². The second-order valence-corrected chi connectivity index (χ2v) is 7.92. The van der Waals surface area contributed by atoms with Crippen LogP contribution in [0.5, 0.6) is 0 Å². The number of aromatic nitrogens is 1. The lowest BCUT2D eigenvalue weighted by Crippen LogP contribution is -2.21. The molecule has 34 heavy (non-hydrogen) atoms. The predicted molar refractivity (Wildman–Crippen MR) is 138 cm³/mol. The molecule has 0 aliphatic heterocycles. The van der Waals surface area contributed by atoms with Crippen molar-refractivity contribution >= 4 is 23.6 Å². The van der Waals surface area contributed by atoms with E-state index in [2.05, 4.69) is 41.2 Å². The molecule has 5 heteroatoms. The number of rotatable bonds is 8. The van der Waals surface area contributed by atoms with Crippen LogP contribution >= 0.6 is 0 Å². The monoisotopic (exact) mass is 449 g/mol. The predicted octanol–water partition coefficient (Wildman–Crippen LogP) is 6.33. The number of benzene rings is 3. The maximum absolute atomic E-state index is 13.1. The molecule has 0 spiro atoms. The molecule has 0 radical (unpaired) electrons. The number of nitrogens with one attached hydrogen (secondary N) is 1. The van der Waals surface area contributed by atoms with Crippen molar-refractivity contribution in [2.24, 2.45) is 0 Å². The molecule has 1 heterocycles.